The average Bonchev–Trinajstić information content (AvgIpc) is 2.55. The molecule has 0 radical (unpaired) electrons. The van der Waals surface area contributed by atoms with E-state index < -0.39 is 11.9 Å². The highest BCUT2D eigenvalue weighted by molar-refractivity contribution is 6.35. The smallest absolute Gasteiger partial charge is 0.338 e. The highest BCUT2D eigenvalue weighted by Gasteiger charge is 2.10. The van der Waals surface area contributed by atoms with E-state index in [9.17, 15) is 9.59 Å². The van der Waals surface area contributed by atoms with E-state index in [1.54, 1.807) is 18.2 Å². The molecule has 1 amide bonds. The molecule has 7 heteroatoms. The Bertz CT molecular complexity index is 732. The van der Waals surface area contributed by atoms with Gasteiger partial charge in [-0.2, -0.15) is 0 Å². The normalized spacial score (nSPS) is 10.2. The minimum absolute atomic E-state index is 0.0464. The first-order valence-electron chi connectivity index (χ1n) is 7.12. The summed E-state index contributed by atoms with van der Waals surface area (Å²) in [6, 6.07) is 10.7. The maximum atomic E-state index is 11.7. The Labute approximate surface area is 149 Å². The molecule has 0 aliphatic heterocycles. The van der Waals surface area contributed by atoms with Gasteiger partial charge in [0, 0.05) is 16.6 Å². The molecule has 5 nitrogen and oxygen atoms in total. The van der Waals surface area contributed by atoms with Crippen molar-refractivity contribution < 1.29 is 19.4 Å². The number of aromatic hydroxyl groups is 1. The Morgan fingerprint density at radius 3 is 2.46 bits per heavy atom. The Hall–Kier alpha value is -2.24. The molecule has 24 heavy (non-hydrogen) atoms. The summed E-state index contributed by atoms with van der Waals surface area (Å²) in [6.07, 6.45) is 0.535. The number of amides is 1. The Kier molecular flexibility index (Phi) is 6.46. The monoisotopic (exact) mass is 367 g/mol. The van der Waals surface area contributed by atoms with Crippen LogP contribution in [0.2, 0.25) is 10.0 Å². The molecule has 2 N–H and O–H groups in total. The van der Waals surface area contributed by atoms with Crippen LogP contribution >= 0.6 is 23.2 Å². The number of rotatable bonds is 6. The zero-order valence-corrected chi connectivity index (χ0v) is 14.1. The number of hydrogen-bond acceptors (Lipinski definition) is 4. The van der Waals surface area contributed by atoms with Crippen LogP contribution in [0, 0.1) is 0 Å². The number of carbonyl (C=O) groups is 2. The van der Waals surface area contributed by atoms with Gasteiger partial charge in [-0.1, -0.05) is 29.3 Å². The van der Waals surface area contributed by atoms with Crippen LogP contribution in [0.25, 0.3) is 0 Å². The molecule has 0 saturated carbocycles. The number of esters is 1. The summed E-state index contributed by atoms with van der Waals surface area (Å²) in [6.45, 7) is -0.0228. The number of halogens is 2. The number of phenols is 1. The molecule has 0 spiro atoms. The standard InChI is InChI=1S/C17H15Cl2NO4/c18-13-4-1-11(15(19)9-13)7-8-20-16(22)10-24-17(23)12-2-5-14(21)6-3-12/h1-6,9,21H,7-8,10H2,(H,20,22). The van der Waals surface area contributed by atoms with Crippen LogP contribution in [0.5, 0.6) is 5.75 Å². The van der Waals surface area contributed by atoms with Gasteiger partial charge in [0.25, 0.3) is 5.91 Å². The van der Waals surface area contributed by atoms with Crippen molar-refractivity contribution in [3.05, 3.63) is 63.6 Å². The fraction of sp³-hybridized carbons (Fsp3) is 0.176. The van der Waals surface area contributed by atoms with Crippen LogP contribution in [-0.4, -0.2) is 30.1 Å². The second-order valence-corrected chi connectivity index (χ2v) is 5.80. The summed E-state index contributed by atoms with van der Waals surface area (Å²) >= 11 is 11.9. The molecule has 0 bridgehead atoms. The predicted molar refractivity (Wildman–Crippen MR) is 91.6 cm³/mol. The van der Waals surface area contributed by atoms with Gasteiger partial charge < -0.3 is 15.2 Å². The predicted octanol–water partition coefficient (Wildman–Crippen LogP) is 3.21. The first-order chi connectivity index (χ1) is 11.5. The third-order valence-corrected chi connectivity index (χ3v) is 3.76. The lowest BCUT2D eigenvalue weighted by Crippen LogP contribution is -2.30. The zero-order chi connectivity index (χ0) is 17.5. The summed E-state index contributed by atoms with van der Waals surface area (Å²) < 4.78 is 4.90. The van der Waals surface area contributed by atoms with Crippen molar-refractivity contribution in [1.29, 1.82) is 0 Å². The maximum Gasteiger partial charge on any atom is 0.338 e. The van der Waals surface area contributed by atoms with E-state index in [-0.39, 0.29) is 17.9 Å². The molecule has 0 aliphatic carbocycles. The van der Waals surface area contributed by atoms with Crippen molar-refractivity contribution in [2.75, 3.05) is 13.2 Å². The third kappa shape index (κ3) is 5.44. The van der Waals surface area contributed by atoms with E-state index in [2.05, 4.69) is 5.32 Å². The second kappa shape index (κ2) is 8.57. The van der Waals surface area contributed by atoms with Crippen molar-refractivity contribution in [2.45, 2.75) is 6.42 Å². The Balaban J connectivity index is 1.73. The number of hydrogen-bond donors (Lipinski definition) is 2. The summed E-state index contributed by atoms with van der Waals surface area (Å²) in [4.78, 5) is 23.4. The van der Waals surface area contributed by atoms with Gasteiger partial charge in [-0.05, 0) is 48.4 Å². The van der Waals surface area contributed by atoms with Gasteiger partial charge in [-0.15, -0.1) is 0 Å². The number of nitrogens with one attached hydrogen (secondary N) is 1. The molecule has 0 aromatic heterocycles. The summed E-state index contributed by atoms with van der Waals surface area (Å²) in [7, 11) is 0. The van der Waals surface area contributed by atoms with Gasteiger partial charge >= 0.3 is 5.97 Å². The van der Waals surface area contributed by atoms with Crippen molar-refractivity contribution in [2.24, 2.45) is 0 Å². The molecular weight excluding hydrogens is 353 g/mol. The maximum absolute atomic E-state index is 11.7. The topological polar surface area (TPSA) is 75.6 Å². The minimum atomic E-state index is -0.633. The fourth-order valence-corrected chi connectivity index (χ4v) is 2.43. The SMILES string of the molecule is O=C(COC(=O)c1ccc(O)cc1)NCCc1ccc(Cl)cc1Cl. The van der Waals surface area contributed by atoms with Gasteiger partial charge in [-0.3, -0.25) is 4.79 Å². The summed E-state index contributed by atoms with van der Waals surface area (Å²) in [5.41, 5.74) is 1.12. The largest absolute Gasteiger partial charge is 0.508 e. The number of ether oxygens (including phenoxy) is 1. The van der Waals surface area contributed by atoms with Crippen molar-refractivity contribution in [3.8, 4) is 5.75 Å². The van der Waals surface area contributed by atoms with E-state index in [1.807, 2.05) is 0 Å². The van der Waals surface area contributed by atoms with Gasteiger partial charge in [0.2, 0.25) is 0 Å². The lowest BCUT2D eigenvalue weighted by molar-refractivity contribution is -0.124. The zero-order valence-electron chi connectivity index (χ0n) is 12.6. The van der Waals surface area contributed by atoms with Crippen molar-refractivity contribution in [1.82, 2.24) is 5.32 Å². The van der Waals surface area contributed by atoms with E-state index >= 15 is 0 Å². The summed E-state index contributed by atoms with van der Waals surface area (Å²) in [5, 5.41) is 12.9. The van der Waals surface area contributed by atoms with E-state index in [0.717, 1.165) is 5.56 Å². The third-order valence-electron chi connectivity index (χ3n) is 3.17. The molecule has 2 aromatic rings. The van der Waals surface area contributed by atoms with E-state index in [1.165, 1.54) is 24.3 Å². The summed E-state index contributed by atoms with van der Waals surface area (Å²) in [5.74, 6) is -0.997. The van der Waals surface area contributed by atoms with Crippen molar-refractivity contribution >= 4 is 35.1 Å². The molecule has 0 saturated heterocycles. The van der Waals surface area contributed by atoms with Crippen LogP contribution in [0.4, 0.5) is 0 Å². The molecule has 126 valence electrons. The van der Waals surface area contributed by atoms with Crippen LogP contribution in [-0.2, 0) is 16.0 Å². The van der Waals surface area contributed by atoms with E-state index in [0.29, 0.717) is 23.0 Å². The van der Waals surface area contributed by atoms with Crippen LogP contribution in [0.15, 0.2) is 42.5 Å². The van der Waals surface area contributed by atoms with E-state index in [4.69, 9.17) is 33.0 Å². The Morgan fingerprint density at radius 1 is 1.08 bits per heavy atom. The highest BCUT2D eigenvalue weighted by Crippen LogP contribution is 2.21. The van der Waals surface area contributed by atoms with Gasteiger partial charge in [0.1, 0.15) is 5.75 Å². The molecular formula is C17H15Cl2NO4. The van der Waals surface area contributed by atoms with Gasteiger partial charge in [-0.25, -0.2) is 4.79 Å². The highest BCUT2D eigenvalue weighted by atomic mass is 35.5. The van der Waals surface area contributed by atoms with Gasteiger partial charge in [0.15, 0.2) is 6.61 Å². The lowest BCUT2D eigenvalue weighted by atomic mass is 10.1. The fourth-order valence-electron chi connectivity index (χ4n) is 1.92. The van der Waals surface area contributed by atoms with Crippen molar-refractivity contribution in [3.63, 3.8) is 0 Å². The number of benzene rings is 2. The molecule has 0 atom stereocenters. The lowest BCUT2D eigenvalue weighted by Gasteiger charge is -2.08. The molecule has 2 aromatic carbocycles. The first kappa shape index (κ1) is 18.1. The molecule has 0 aliphatic rings. The molecule has 0 heterocycles. The number of carbonyl (C=O) groups excluding carboxylic acids is 2. The quantitative estimate of drug-likeness (QED) is 0.768. The second-order valence-electron chi connectivity index (χ2n) is 4.96. The first-order valence-corrected chi connectivity index (χ1v) is 7.88. The van der Waals surface area contributed by atoms with Crippen LogP contribution < -0.4 is 5.32 Å². The molecule has 2 rings (SSSR count). The van der Waals surface area contributed by atoms with Crippen LogP contribution in [0.1, 0.15) is 15.9 Å². The molecule has 0 unspecified atom stereocenters. The average molecular weight is 368 g/mol. The number of phenolic OH excluding ortho intramolecular Hbond substituents is 1. The molecule has 0 fully saturated rings. The Morgan fingerprint density at radius 2 is 1.79 bits per heavy atom. The van der Waals surface area contributed by atoms with Gasteiger partial charge in [0.05, 0.1) is 5.56 Å². The minimum Gasteiger partial charge on any atom is -0.508 e. The van der Waals surface area contributed by atoms with Crippen LogP contribution in [0.3, 0.4) is 0 Å².